The molecule has 0 amide bonds. The standard InChI is InChI=1S/C29H31ClFNO5/c1-6-15(2)37-29(34)25-16(3)32-21-12-18(17-10-11-23(35-4)24(14-17)36-5)13-22(33)27(21)28(25)26-19(30)8-7-9-20(26)31/h7-11,14-15,18,28,32H,6,12-13H2,1-5H3/t15-,18-,28+/m0/s1. The van der Waals surface area contributed by atoms with Crippen LogP contribution < -0.4 is 14.8 Å². The maximum Gasteiger partial charge on any atom is 0.337 e. The quantitative estimate of drug-likeness (QED) is 0.432. The van der Waals surface area contributed by atoms with Crippen molar-refractivity contribution in [3.05, 3.63) is 80.9 Å². The Hall–Kier alpha value is -3.32. The van der Waals surface area contributed by atoms with Crippen molar-refractivity contribution in [3.63, 3.8) is 0 Å². The predicted molar refractivity (Wildman–Crippen MR) is 139 cm³/mol. The summed E-state index contributed by atoms with van der Waals surface area (Å²) < 4.78 is 31.7. The third-order valence-electron chi connectivity index (χ3n) is 7.10. The van der Waals surface area contributed by atoms with Crippen molar-refractivity contribution < 1.29 is 28.2 Å². The molecule has 2 aromatic rings. The number of carbonyl (C=O) groups is 2. The molecule has 1 aliphatic carbocycles. The first-order valence-electron chi connectivity index (χ1n) is 12.3. The second kappa shape index (κ2) is 11.0. The van der Waals surface area contributed by atoms with Gasteiger partial charge in [0.25, 0.3) is 0 Å². The molecule has 0 fully saturated rings. The molecule has 196 valence electrons. The van der Waals surface area contributed by atoms with Crippen LogP contribution in [0, 0.1) is 5.82 Å². The fourth-order valence-corrected chi connectivity index (χ4v) is 5.33. The van der Waals surface area contributed by atoms with Crippen molar-refractivity contribution in [2.75, 3.05) is 14.2 Å². The van der Waals surface area contributed by atoms with E-state index in [1.165, 1.54) is 12.1 Å². The lowest BCUT2D eigenvalue weighted by molar-refractivity contribution is -0.144. The fraction of sp³-hybridized carbons (Fsp3) is 0.379. The number of Topliss-reactive ketones (excluding diaryl/α,β-unsaturated/α-hetero) is 1. The Bertz CT molecular complexity index is 1280. The smallest absolute Gasteiger partial charge is 0.337 e. The van der Waals surface area contributed by atoms with Gasteiger partial charge in [-0.3, -0.25) is 4.79 Å². The molecule has 2 aromatic carbocycles. The van der Waals surface area contributed by atoms with Crippen LogP contribution in [-0.2, 0) is 14.3 Å². The summed E-state index contributed by atoms with van der Waals surface area (Å²) in [5.41, 5.74) is 2.74. The molecule has 0 radical (unpaired) electrons. The maximum atomic E-state index is 15.3. The molecule has 2 aliphatic rings. The average molecular weight is 528 g/mol. The highest BCUT2D eigenvalue weighted by molar-refractivity contribution is 6.31. The number of benzene rings is 2. The van der Waals surface area contributed by atoms with Crippen molar-refractivity contribution in [1.29, 1.82) is 0 Å². The number of dihydropyridines is 1. The summed E-state index contributed by atoms with van der Waals surface area (Å²) in [6.07, 6.45) is 0.961. The van der Waals surface area contributed by atoms with E-state index in [9.17, 15) is 9.59 Å². The summed E-state index contributed by atoms with van der Waals surface area (Å²) in [5.74, 6) is -1.29. The van der Waals surface area contributed by atoms with Gasteiger partial charge in [-0.15, -0.1) is 0 Å². The number of methoxy groups -OCH3 is 2. The van der Waals surface area contributed by atoms with E-state index in [0.29, 0.717) is 41.3 Å². The Morgan fingerprint density at radius 1 is 1.16 bits per heavy atom. The number of allylic oxidation sites excluding steroid dienone is 3. The molecule has 0 spiro atoms. The summed E-state index contributed by atoms with van der Waals surface area (Å²) >= 11 is 6.48. The second-order valence-electron chi connectivity index (χ2n) is 9.39. The van der Waals surface area contributed by atoms with Gasteiger partial charge in [-0.2, -0.15) is 0 Å². The second-order valence-corrected chi connectivity index (χ2v) is 9.80. The van der Waals surface area contributed by atoms with Gasteiger partial charge in [-0.05, 0) is 62.4 Å². The van der Waals surface area contributed by atoms with Crippen LogP contribution >= 0.6 is 11.6 Å². The molecule has 3 atom stereocenters. The number of nitrogens with one attached hydrogen (secondary N) is 1. The molecule has 0 saturated heterocycles. The van der Waals surface area contributed by atoms with Gasteiger partial charge < -0.3 is 19.5 Å². The van der Waals surface area contributed by atoms with Gasteiger partial charge >= 0.3 is 5.97 Å². The van der Waals surface area contributed by atoms with Crippen LogP contribution in [0.4, 0.5) is 4.39 Å². The molecule has 0 aromatic heterocycles. The Morgan fingerprint density at radius 2 is 1.89 bits per heavy atom. The zero-order valence-corrected chi connectivity index (χ0v) is 22.4. The molecular weight excluding hydrogens is 497 g/mol. The minimum atomic E-state index is -0.972. The number of ketones is 1. The minimum absolute atomic E-state index is 0.103. The lowest BCUT2D eigenvalue weighted by Crippen LogP contribution is -2.37. The van der Waals surface area contributed by atoms with Crippen LogP contribution in [0.15, 0.2) is 58.9 Å². The van der Waals surface area contributed by atoms with Crippen molar-refractivity contribution in [2.45, 2.75) is 58.0 Å². The van der Waals surface area contributed by atoms with Gasteiger partial charge in [0.1, 0.15) is 5.82 Å². The number of hydrogen-bond donors (Lipinski definition) is 1. The van der Waals surface area contributed by atoms with Crippen LogP contribution in [-0.4, -0.2) is 32.1 Å². The first-order valence-corrected chi connectivity index (χ1v) is 12.7. The Balaban J connectivity index is 1.81. The monoisotopic (exact) mass is 527 g/mol. The Kier molecular flexibility index (Phi) is 7.93. The predicted octanol–water partition coefficient (Wildman–Crippen LogP) is 6.20. The molecular formula is C29H31ClFNO5. The van der Waals surface area contributed by atoms with Crippen molar-refractivity contribution in [2.24, 2.45) is 0 Å². The molecule has 4 rings (SSSR count). The van der Waals surface area contributed by atoms with Crippen molar-refractivity contribution in [1.82, 2.24) is 5.32 Å². The average Bonchev–Trinajstić information content (AvgIpc) is 2.87. The van der Waals surface area contributed by atoms with Gasteiger partial charge in [-0.25, -0.2) is 9.18 Å². The molecule has 37 heavy (non-hydrogen) atoms. The van der Waals surface area contributed by atoms with E-state index in [1.807, 2.05) is 25.1 Å². The largest absolute Gasteiger partial charge is 0.493 e. The summed E-state index contributed by atoms with van der Waals surface area (Å²) in [5, 5.41) is 3.42. The van der Waals surface area contributed by atoms with E-state index in [4.69, 9.17) is 25.8 Å². The van der Waals surface area contributed by atoms with Crippen molar-refractivity contribution in [3.8, 4) is 11.5 Å². The summed E-state index contributed by atoms with van der Waals surface area (Å²) in [6, 6.07) is 9.95. The molecule has 1 aliphatic heterocycles. The topological polar surface area (TPSA) is 73.9 Å². The SMILES string of the molecule is CC[C@H](C)OC(=O)C1=C(C)NC2=C(C(=O)C[C@@H](c3ccc(OC)c(OC)c3)C2)[C@H]1c1c(F)cccc1Cl. The fourth-order valence-electron chi connectivity index (χ4n) is 5.06. The Labute approximate surface area is 221 Å². The number of esters is 1. The minimum Gasteiger partial charge on any atom is -0.493 e. The first kappa shape index (κ1) is 26.7. The van der Waals surface area contributed by atoms with Crippen LogP contribution in [0.3, 0.4) is 0 Å². The zero-order chi connectivity index (χ0) is 26.9. The number of ether oxygens (including phenoxy) is 3. The molecule has 6 nitrogen and oxygen atoms in total. The lowest BCUT2D eigenvalue weighted by atomic mass is 9.71. The summed E-state index contributed by atoms with van der Waals surface area (Å²) in [4.78, 5) is 27.1. The van der Waals surface area contributed by atoms with Crippen LogP contribution in [0.1, 0.15) is 63.0 Å². The van der Waals surface area contributed by atoms with E-state index >= 15 is 4.39 Å². The molecule has 1 N–H and O–H groups in total. The molecule has 1 heterocycles. The summed E-state index contributed by atoms with van der Waals surface area (Å²) in [7, 11) is 3.13. The number of halogens is 2. The molecule has 0 saturated carbocycles. The van der Waals surface area contributed by atoms with Gasteiger partial charge in [-0.1, -0.05) is 30.7 Å². The van der Waals surface area contributed by atoms with E-state index in [1.54, 1.807) is 34.1 Å². The normalized spacial score (nSPS) is 20.2. The van der Waals surface area contributed by atoms with Gasteiger partial charge in [0, 0.05) is 34.0 Å². The maximum absolute atomic E-state index is 15.3. The summed E-state index contributed by atoms with van der Waals surface area (Å²) in [6.45, 7) is 5.44. The van der Waals surface area contributed by atoms with Gasteiger partial charge in [0.2, 0.25) is 0 Å². The molecule has 0 unspecified atom stereocenters. The number of carbonyl (C=O) groups excluding carboxylic acids is 2. The lowest BCUT2D eigenvalue weighted by Gasteiger charge is -2.37. The Morgan fingerprint density at radius 3 is 2.54 bits per heavy atom. The first-order chi connectivity index (χ1) is 17.7. The van der Waals surface area contributed by atoms with E-state index in [-0.39, 0.29) is 40.4 Å². The highest BCUT2D eigenvalue weighted by atomic mass is 35.5. The van der Waals surface area contributed by atoms with E-state index in [0.717, 1.165) is 5.56 Å². The third-order valence-corrected chi connectivity index (χ3v) is 7.43. The van der Waals surface area contributed by atoms with Crippen LogP contribution in [0.5, 0.6) is 11.5 Å². The van der Waals surface area contributed by atoms with Crippen molar-refractivity contribution >= 4 is 23.4 Å². The number of rotatable bonds is 7. The van der Waals surface area contributed by atoms with Gasteiger partial charge in [0.05, 0.1) is 31.8 Å². The zero-order valence-electron chi connectivity index (χ0n) is 21.6. The molecule has 8 heteroatoms. The van der Waals surface area contributed by atoms with Crippen LogP contribution in [0.25, 0.3) is 0 Å². The third kappa shape index (κ3) is 5.10. The van der Waals surface area contributed by atoms with Gasteiger partial charge in [0.15, 0.2) is 17.3 Å². The number of hydrogen-bond acceptors (Lipinski definition) is 6. The van der Waals surface area contributed by atoms with E-state index in [2.05, 4.69) is 5.32 Å². The van der Waals surface area contributed by atoms with Crippen LogP contribution in [0.2, 0.25) is 5.02 Å². The highest BCUT2D eigenvalue weighted by Crippen LogP contribution is 2.48. The molecule has 0 bridgehead atoms. The van der Waals surface area contributed by atoms with E-state index < -0.39 is 17.7 Å². The highest BCUT2D eigenvalue weighted by Gasteiger charge is 2.43.